The zero-order valence-electron chi connectivity index (χ0n) is 26.7. The lowest BCUT2D eigenvalue weighted by Gasteiger charge is -2.35. The van der Waals surface area contributed by atoms with E-state index in [-0.39, 0.29) is 11.7 Å². The van der Waals surface area contributed by atoms with Crippen LogP contribution in [0.15, 0.2) is 60.7 Å². The summed E-state index contributed by atoms with van der Waals surface area (Å²) < 4.78 is 16.0. The summed E-state index contributed by atoms with van der Waals surface area (Å²) in [5.74, 6) is 0.960. The maximum Gasteiger partial charge on any atom is 0.323 e. The fourth-order valence-corrected chi connectivity index (χ4v) is 6.78. The first kappa shape index (κ1) is 32.9. The Balaban J connectivity index is 0.000000365. The van der Waals surface area contributed by atoms with Crippen molar-refractivity contribution in [2.24, 2.45) is 11.8 Å². The Morgan fingerprint density at radius 3 is 2.37 bits per heavy atom. The molecule has 1 saturated carbocycles. The van der Waals surface area contributed by atoms with Gasteiger partial charge in [-0.25, -0.2) is 4.39 Å². The molecule has 2 unspecified atom stereocenters. The molecule has 0 radical (unpaired) electrons. The summed E-state index contributed by atoms with van der Waals surface area (Å²) in [6.45, 7) is 12.0. The fraction of sp³-hybridized carbons (Fsp3) is 0.556. The van der Waals surface area contributed by atoms with Crippen LogP contribution in [0.5, 0.6) is 0 Å². The zero-order valence-corrected chi connectivity index (χ0v) is 26.7. The van der Waals surface area contributed by atoms with E-state index in [1.807, 2.05) is 19.9 Å². The predicted molar refractivity (Wildman–Crippen MR) is 172 cm³/mol. The number of carboxylic acid groups (broad SMARTS) is 1. The summed E-state index contributed by atoms with van der Waals surface area (Å²) >= 11 is 0. The third kappa shape index (κ3) is 8.33. The SMILES string of the molecule is CCn1nc(Cc2ccccc2)cc1C1CCN(CC2CCC[C@@H]2c2cccc(F)c2)CC1.CNC(C)(C(=O)O)C(C)C. The highest BCUT2D eigenvalue weighted by atomic mass is 19.1. The van der Waals surface area contributed by atoms with Crippen molar-refractivity contribution in [3.63, 3.8) is 0 Å². The molecule has 6 nitrogen and oxygen atoms in total. The number of aromatic nitrogens is 2. The molecular weight excluding hydrogens is 539 g/mol. The second-order valence-corrected chi connectivity index (χ2v) is 12.9. The van der Waals surface area contributed by atoms with Crippen LogP contribution in [0, 0.1) is 17.7 Å². The molecule has 1 aliphatic heterocycles. The third-order valence-corrected chi connectivity index (χ3v) is 9.94. The van der Waals surface area contributed by atoms with E-state index in [1.54, 1.807) is 26.1 Å². The number of benzene rings is 2. The van der Waals surface area contributed by atoms with E-state index in [0.717, 1.165) is 32.6 Å². The molecule has 7 heteroatoms. The standard InChI is InChI=1S/C29H36FN3.C7H15NO2/c1-2-33-29(20-27(31-33)18-22-8-4-3-5-9-22)23-14-16-32(17-15-23)21-25-11-7-13-28(25)24-10-6-12-26(30)19-24;1-5(2)7(3,8-4)6(9)10/h3-6,8-10,12,19-20,23,25,28H,2,7,11,13-18,21H2,1H3;5,8H,1-4H3,(H,9,10)/t25?,28-;/m1./s1. The molecule has 2 N–H and O–H groups in total. The van der Waals surface area contributed by atoms with Crippen molar-refractivity contribution in [1.29, 1.82) is 0 Å². The van der Waals surface area contributed by atoms with Crippen molar-refractivity contribution < 1.29 is 14.3 Å². The Kier molecular flexibility index (Phi) is 11.6. The van der Waals surface area contributed by atoms with Crippen molar-refractivity contribution in [3.8, 4) is 0 Å². The number of likely N-dealkylation sites (N-methyl/N-ethyl adjacent to an activating group) is 1. The van der Waals surface area contributed by atoms with Gasteiger partial charge in [-0.3, -0.25) is 9.48 Å². The smallest absolute Gasteiger partial charge is 0.323 e. The van der Waals surface area contributed by atoms with E-state index in [0.29, 0.717) is 17.8 Å². The van der Waals surface area contributed by atoms with Crippen LogP contribution in [-0.2, 0) is 17.8 Å². The summed E-state index contributed by atoms with van der Waals surface area (Å²) in [4.78, 5) is 13.3. The second-order valence-electron chi connectivity index (χ2n) is 12.9. The molecule has 1 aliphatic carbocycles. The molecule has 0 amide bonds. The largest absolute Gasteiger partial charge is 0.480 e. The zero-order chi connectivity index (χ0) is 31.0. The Labute approximate surface area is 257 Å². The molecule has 1 aromatic heterocycles. The molecular formula is C36H51FN4O2. The Hall–Kier alpha value is -3.03. The molecule has 2 fully saturated rings. The van der Waals surface area contributed by atoms with Crippen LogP contribution in [0.1, 0.15) is 94.1 Å². The molecule has 0 spiro atoms. The summed E-state index contributed by atoms with van der Waals surface area (Å²) in [5, 5.41) is 16.4. The molecule has 5 rings (SSSR count). The first-order valence-corrected chi connectivity index (χ1v) is 16.1. The summed E-state index contributed by atoms with van der Waals surface area (Å²) in [6, 6.07) is 20.3. The molecule has 3 atom stereocenters. The molecule has 1 saturated heterocycles. The lowest BCUT2D eigenvalue weighted by molar-refractivity contribution is -0.145. The van der Waals surface area contributed by atoms with Crippen molar-refractivity contribution in [3.05, 3.63) is 89.0 Å². The normalized spacial score (nSPS) is 20.9. The van der Waals surface area contributed by atoms with Crippen molar-refractivity contribution >= 4 is 5.97 Å². The minimum Gasteiger partial charge on any atom is -0.480 e. The minimum atomic E-state index is -0.801. The maximum absolute atomic E-state index is 13.8. The van der Waals surface area contributed by atoms with Crippen molar-refractivity contribution in [2.75, 3.05) is 26.7 Å². The number of halogens is 1. The fourth-order valence-electron chi connectivity index (χ4n) is 6.78. The number of hydrogen-bond acceptors (Lipinski definition) is 4. The molecule has 3 aromatic rings. The Morgan fingerprint density at radius 2 is 1.79 bits per heavy atom. The van der Waals surface area contributed by atoms with Gasteiger partial charge in [-0.15, -0.1) is 0 Å². The monoisotopic (exact) mass is 590 g/mol. The van der Waals surface area contributed by atoms with Gasteiger partial charge in [0.25, 0.3) is 0 Å². The summed E-state index contributed by atoms with van der Waals surface area (Å²) in [5.41, 5.74) is 4.33. The molecule has 43 heavy (non-hydrogen) atoms. The number of aryl methyl sites for hydroxylation is 1. The van der Waals surface area contributed by atoms with Gasteiger partial charge in [-0.2, -0.15) is 5.10 Å². The van der Waals surface area contributed by atoms with Gasteiger partial charge in [-0.1, -0.05) is 62.7 Å². The third-order valence-electron chi connectivity index (χ3n) is 9.94. The van der Waals surface area contributed by atoms with E-state index in [4.69, 9.17) is 10.2 Å². The van der Waals surface area contributed by atoms with Crippen molar-refractivity contribution in [2.45, 2.75) is 90.1 Å². The maximum atomic E-state index is 13.8. The average molecular weight is 591 g/mol. The lowest BCUT2D eigenvalue weighted by Crippen LogP contribution is -2.51. The van der Waals surface area contributed by atoms with E-state index in [9.17, 15) is 9.18 Å². The van der Waals surface area contributed by atoms with Gasteiger partial charge < -0.3 is 15.3 Å². The van der Waals surface area contributed by atoms with Crippen LogP contribution in [0.3, 0.4) is 0 Å². The molecule has 2 aromatic carbocycles. The number of likely N-dealkylation sites (tertiary alicyclic amines) is 1. The van der Waals surface area contributed by atoms with Crippen LogP contribution in [0.4, 0.5) is 4.39 Å². The minimum absolute atomic E-state index is 0.0926. The van der Waals surface area contributed by atoms with Gasteiger partial charge in [0.1, 0.15) is 11.4 Å². The number of nitrogens with zero attached hydrogens (tertiary/aromatic N) is 3. The first-order chi connectivity index (χ1) is 20.6. The van der Waals surface area contributed by atoms with Gasteiger partial charge >= 0.3 is 5.97 Å². The number of nitrogens with one attached hydrogen (secondary N) is 1. The van der Waals surface area contributed by atoms with Crippen LogP contribution < -0.4 is 5.32 Å². The topological polar surface area (TPSA) is 70.4 Å². The number of rotatable bonds is 10. The van der Waals surface area contributed by atoms with Gasteiger partial charge in [0.15, 0.2) is 0 Å². The van der Waals surface area contributed by atoms with Crippen molar-refractivity contribution in [1.82, 2.24) is 20.0 Å². The quantitative estimate of drug-likeness (QED) is 0.264. The molecule has 2 heterocycles. The Bertz CT molecular complexity index is 1300. The first-order valence-electron chi connectivity index (χ1n) is 16.1. The number of hydrogen-bond donors (Lipinski definition) is 2. The van der Waals surface area contributed by atoms with Gasteiger partial charge in [0, 0.05) is 31.1 Å². The lowest BCUT2D eigenvalue weighted by atomic mass is 9.87. The Morgan fingerprint density at radius 1 is 1.07 bits per heavy atom. The second kappa shape index (κ2) is 15.1. The van der Waals surface area contributed by atoms with Crippen LogP contribution >= 0.6 is 0 Å². The average Bonchev–Trinajstić information content (AvgIpc) is 3.64. The van der Waals surface area contributed by atoms with E-state index >= 15 is 0 Å². The summed E-state index contributed by atoms with van der Waals surface area (Å²) in [6.07, 6.45) is 7.05. The number of carbonyl (C=O) groups is 1. The van der Waals surface area contributed by atoms with Gasteiger partial charge in [-0.05, 0) is 107 Å². The van der Waals surface area contributed by atoms with Crippen LogP contribution in [-0.4, -0.2) is 58.0 Å². The number of carboxylic acids is 1. The number of piperidine rings is 1. The van der Waals surface area contributed by atoms with Crippen LogP contribution in [0.25, 0.3) is 0 Å². The molecule has 2 aliphatic rings. The van der Waals surface area contributed by atoms with E-state index in [1.165, 1.54) is 54.6 Å². The van der Waals surface area contributed by atoms with Crippen LogP contribution in [0.2, 0.25) is 0 Å². The van der Waals surface area contributed by atoms with E-state index in [2.05, 4.69) is 64.3 Å². The molecule has 234 valence electrons. The molecule has 0 bridgehead atoms. The highest BCUT2D eigenvalue weighted by Crippen LogP contribution is 2.41. The van der Waals surface area contributed by atoms with Gasteiger partial charge in [0.05, 0.1) is 5.69 Å². The highest BCUT2D eigenvalue weighted by Gasteiger charge is 2.34. The summed E-state index contributed by atoms with van der Waals surface area (Å²) in [7, 11) is 1.66. The highest BCUT2D eigenvalue weighted by molar-refractivity contribution is 5.78. The van der Waals surface area contributed by atoms with E-state index < -0.39 is 11.5 Å². The van der Waals surface area contributed by atoms with Gasteiger partial charge in [0.2, 0.25) is 0 Å². The number of aliphatic carboxylic acids is 1. The predicted octanol–water partition coefficient (Wildman–Crippen LogP) is 7.10.